The molecule has 9 N–H and O–H groups in total. The predicted octanol–water partition coefficient (Wildman–Crippen LogP) is -0.360. The Labute approximate surface area is 350 Å². The second kappa shape index (κ2) is 17.6. The van der Waals surface area contributed by atoms with Crippen molar-refractivity contribution in [3.8, 4) is 22.6 Å². The van der Waals surface area contributed by atoms with E-state index in [9.17, 15) is 73.2 Å². The second-order valence-electron chi connectivity index (χ2n) is 14.8. The monoisotopic (exact) mass is 885 g/mol. The molecule has 1 amide bonds. The van der Waals surface area contributed by atoms with Crippen LogP contribution in [0, 0.1) is 5.82 Å². The summed E-state index contributed by atoms with van der Waals surface area (Å²) in [6, 6.07) is 20.8. The van der Waals surface area contributed by atoms with E-state index < -0.39 is 118 Å². The molecule has 0 bridgehead atoms. The van der Waals surface area contributed by atoms with Crippen LogP contribution in [-0.4, -0.2) is 145 Å². The van der Waals surface area contributed by atoms with E-state index in [4.69, 9.17) is 18.9 Å². The van der Waals surface area contributed by atoms with Crippen molar-refractivity contribution >= 4 is 33.4 Å². The van der Waals surface area contributed by atoms with Crippen molar-refractivity contribution < 1.29 is 92.1 Å². The van der Waals surface area contributed by atoms with Gasteiger partial charge in [-0.2, -0.15) is 0 Å². The van der Waals surface area contributed by atoms with Crippen molar-refractivity contribution in [2.45, 2.75) is 78.8 Å². The summed E-state index contributed by atoms with van der Waals surface area (Å²) in [5.41, 5.74) is 0.765. The molecular formula is C41H40FNO18S. The Morgan fingerprint density at radius 3 is 1.84 bits per heavy atom. The smallest absolute Gasteiger partial charge is 0.335 e. The molecule has 3 aliphatic heterocycles. The highest BCUT2D eigenvalue weighted by Crippen LogP contribution is 2.48. The Hall–Kier alpha value is -5.59. The van der Waals surface area contributed by atoms with Gasteiger partial charge in [-0.3, -0.25) is 4.79 Å². The van der Waals surface area contributed by atoms with Gasteiger partial charge in [0.1, 0.15) is 53.9 Å². The number of anilines is 1. The van der Waals surface area contributed by atoms with E-state index >= 15 is 0 Å². The number of aliphatic hydroxyl groups excluding tert-OH is 7. The van der Waals surface area contributed by atoms with E-state index in [0.717, 1.165) is 17.0 Å². The average molecular weight is 886 g/mol. The van der Waals surface area contributed by atoms with E-state index in [1.165, 1.54) is 60.7 Å². The molecule has 3 aliphatic rings. The van der Waals surface area contributed by atoms with Crippen LogP contribution in [0.25, 0.3) is 11.1 Å². The number of para-hydroxylation sites is 1. The molecular weight excluding hydrogens is 846 g/mol. The van der Waals surface area contributed by atoms with E-state index in [2.05, 4.69) is 0 Å². The molecule has 3 saturated heterocycles. The van der Waals surface area contributed by atoms with Gasteiger partial charge >= 0.3 is 11.9 Å². The normalized spacial score (nSPS) is 30.5. The molecule has 19 nitrogen and oxygen atoms in total. The number of carbonyl (C=O) groups is 3. The SMILES string of the molecule is O=C(O)C1O[C@@H](Oc2cccc(-c3ccc([C@@H]4[C@@H](S(=O)(=O)C[C@H](O)c5ccc(F)cc5)C(=O)N4c4ccccc4)c(O[C@@H]4OC(C(=O)O)C(O)C(O)C4O)c3)c2)C(O)C(O)C1O. The Balaban J connectivity index is 1.30. The lowest BCUT2D eigenvalue weighted by Gasteiger charge is -2.47. The number of hydrogen-bond acceptors (Lipinski definition) is 16. The van der Waals surface area contributed by atoms with E-state index in [1.807, 2.05) is 0 Å². The molecule has 7 rings (SSSR count). The second-order valence-corrected chi connectivity index (χ2v) is 17.0. The molecule has 3 heterocycles. The zero-order chi connectivity index (χ0) is 44.8. The van der Waals surface area contributed by atoms with Gasteiger partial charge in [-0.25, -0.2) is 22.4 Å². The molecule has 13 atom stereocenters. The number of ether oxygens (including phenoxy) is 4. The number of hydrogen-bond donors (Lipinski definition) is 9. The van der Waals surface area contributed by atoms with Gasteiger partial charge < -0.3 is 69.8 Å². The highest BCUT2D eigenvalue weighted by atomic mass is 32.2. The number of aliphatic hydroxyl groups is 7. The first-order valence-electron chi connectivity index (χ1n) is 18.8. The summed E-state index contributed by atoms with van der Waals surface area (Å²) in [5, 5.41) is 91.0. The maximum Gasteiger partial charge on any atom is 0.335 e. The largest absolute Gasteiger partial charge is 0.479 e. The van der Waals surface area contributed by atoms with Gasteiger partial charge in [-0.05, 0) is 59.2 Å². The van der Waals surface area contributed by atoms with Gasteiger partial charge in [-0.15, -0.1) is 0 Å². The number of sulfone groups is 1. The van der Waals surface area contributed by atoms with Gasteiger partial charge in [0.15, 0.2) is 27.3 Å². The number of carboxylic acids is 2. The summed E-state index contributed by atoms with van der Waals surface area (Å²) in [6.07, 6.45) is -21.7. The van der Waals surface area contributed by atoms with Crippen molar-refractivity contribution in [1.82, 2.24) is 0 Å². The Kier molecular flexibility index (Phi) is 12.7. The van der Waals surface area contributed by atoms with E-state index in [0.29, 0.717) is 5.56 Å². The van der Waals surface area contributed by atoms with E-state index in [1.54, 1.807) is 24.3 Å². The minimum absolute atomic E-state index is 0.0509. The fourth-order valence-electron chi connectivity index (χ4n) is 7.46. The summed E-state index contributed by atoms with van der Waals surface area (Å²) < 4.78 is 64.4. The minimum atomic E-state index is -4.61. The Bertz CT molecular complexity index is 2410. The molecule has 4 aromatic rings. The minimum Gasteiger partial charge on any atom is -0.479 e. The highest BCUT2D eigenvalue weighted by Gasteiger charge is 2.57. The third-order valence-corrected chi connectivity index (χ3v) is 12.7. The number of carbonyl (C=O) groups excluding carboxylic acids is 1. The average Bonchev–Trinajstić information content (AvgIpc) is 3.23. The van der Waals surface area contributed by atoms with Crippen LogP contribution in [0.3, 0.4) is 0 Å². The van der Waals surface area contributed by atoms with Crippen molar-refractivity contribution in [3.63, 3.8) is 0 Å². The molecule has 8 unspecified atom stereocenters. The maximum absolute atomic E-state index is 14.2. The molecule has 0 spiro atoms. The van der Waals surface area contributed by atoms with Crippen LogP contribution in [0.15, 0.2) is 97.1 Å². The van der Waals surface area contributed by atoms with Crippen LogP contribution in [-0.2, 0) is 33.7 Å². The third kappa shape index (κ3) is 8.59. The van der Waals surface area contributed by atoms with Gasteiger partial charge in [0, 0.05) is 11.3 Å². The number of nitrogens with zero attached hydrogens (tertiary/aromatic N) is 1. The summed E-state index contributed by atoms with van der Waals surface area (Å²) in [6.45, 7) is 0. The van der Waals surface area contributed by atoms with Gasteiger partial charge in [0.25, 0.3) is 0 Å². The zero-order valence-electron chi connectivity index (χ0n) is 31.9. The number of halogens is 1. The van der Waals surface area contributed by atoms with Crippen molar-refractivity contribution in [2.75, 3.05) is 10.7 Å². The number of carboxylic acid groups (broad SMARTS) is 2. The number of benzene rings is 4. The first-order valence-corrected chi connectivity index (χ1v) is 20.6. The standard InChI is InChI=1S/C41H40FNO18S/c42-21-12-9-18(10-13-21)25(44)17-62(56,57)36-27(43(37(36)51)22-6-2-1-3-7-22)24-14-11-20(16-26(24)59-41-33(50)29(46)31(48)35(61-41)39(54)55)19-5-4-8-23(15-19)58-40-32(49)28(45)30(47)34(60-40)38(52)53/h1-16,25,27-36,40-41,44-50H,17H2,(H,52,53)(H,54,55)/t25-,27+,28?,29?,30?,31?,32?,33?,34?,35?,36+,40+,41+/m0/s1. The molecule has 62 heavy (non-hydrogen) atoms. The topological polar surface area (TPSA) is 308 Å². The van der Waals surface area contributed by atoms with Crippen LogP contribution in [0.4, 0.5) is 10.1 Å². The molecule has 0 radical (unpaired) electrons. The third-order valence-electron chi connectivity index (χ3n) is 10.7. The van der Waals surface area contributed by atoms with Crippen molar-refractivity contribution in [3.05, 3.63) is 114 Å². The summed E-state index contributed by atoms with van der Waals surface area (Å²) >= 11 is 0. The predicted molar refractivity (Wildman–Crippen MR) is 207 cm³/mol. The molecule has 3 fully saturated rings. The fraction of sp³-hybridized carbons (Fsp3) is 0.341. The Morgan fingerprint density at radius 2 is 1.26 bits per heavy atom. The Morgan fingerprint density at radius 1 is 0.694 bits per heavy atom. The zero-order valence-corrected chi connectivity index (χ0v) is 32.7. The van der Waals surface area contributed by atoms with Crippen molar-refractivity contribution in [1.29, 1.82) is 0 Å². The molecule has 0 saturated carbocycles. The van der Waals surface area contributed by atoms with Crippen LogP contribution >= 0.6 is 0 Å². The highest BCUT2D eigenvalue weighted by molar-refractivity contribution is 7.93. The van der Waals surface area contributed by atoms with Crippen LogP contribution in [0.5, 0.6) is 11.5 Å². The lowest BCUT2D eigenvalue weighted by atomic mass is 9.90. The summed E-state index contributed by atoms with van der Waals surface area (Å²) in [7, 11) is -4.61. The molecule has 0 aliphatic carbocycles. The molecule has 4 aromatic carbocycles. The first-order chi connectivity index (χ1) is 29.4. The lowest BCUT2D eigenvalue weighted by molar-refractivity contribution is -0.271. The number of β-lactam (4-membered cyclic amide) rings is 1. The van der Waals surface area contributed by atoms with Crippen LogP contribution in [0.1, 0.15) is 23.3 Å². The maximum atomic E-state index is 14.2. The quantitative estimate of drug-likeness (QED) is 0.0775. The van der Waals surface area contributed by atoms with E-state index in [-0.39, 0.29) is 33.9 Å². The molecule has 0 aromatic heterocycles. The summed E-state index contributed by atoms with van der Waals surface area (Å²) in [4.78, 5) is 38.8. The lowest BCUT2D eigenvalue weighted by Crippen LogP contribution is -2.63. The number of aliphatic carboxylic acids is 2. The summed E-state index contributed by atoms with van der Waals surface area (Å²) in [5.74, 6) is -6.26. The first kappa shape index (κ1) is 44.5. The molecule has 21 heteroatoms. The molecule has 330 valence electrons. The van der Waals surface area contributed by atoms with Gasteiger partial charge in [0.2, 0.25) is 18.5 Å². The number of amides is 1. The van der Waals surface area contributed by atoms with Crippen LogP contribution in [0.2, 0.25) is 0 Å². The van der Waals surface area contributed by atoms with Crippen LogP contribution < -0.4 is 14.4 Å². The fourth-order valence-corrected chi connectivity index (χ4v) is 9.39. The number of rotatable bonds is 13. The van der Waals surface area contributed by atoms with Gasteiger partial charge in [-0.1, -0.05) is 54.6 Å². The van der Waals surface area contributed by atoms with Gasteiger partial charge in [0.05, 0.1) is 17.9 Å². The van der Waals surface area contributed by atoms with Crippen molar-refractivity contribution in [2.24, 2.45) is 0 Å².